The van der Waals surface area contributed by atoms with Crippen LogP contribution in [0.5, 0.6) is 0 Å². The zero-order chi connectivity index (χ0) is 29.9. The summed E-state index contributed by atoms with van der Waals surface area (Å²) in [5, 5.41) is 2.92. The SMILES string of the molecule is COCc1cc(N2CCN(c3cc(C)cc(C)n3)CC2)ccc1NC(=O)C(=O)c1c(-c2ccccc2)cc2n1CCCC2. The Labute approximate surface area is 253 Å². The number of benzene rings is 2. The molecule has 43 heavy (non-hydrogen) atoms. The number of fused-ring (bicyclic) bond motifs is 1. The number of amides is 1. The van der Waals surface area contributed by atoms with Gasteiger partial charge in [-0.15, -0.1) is 0 Å². The van der Waals surface area contributed by atoms with Gasteiger partial charge in [-0.05, 0) is 80.6 Å². The number of nitrogens with one attached hydrogen (secondary N) is 1. The molecule has 0 spiro atoms. The molecule has 0 saturated carbocycles. The van der Waals surface area contributed by atoms with Crippen LogP contribution in [0, 0.1) is 13.8 Å². The van der Waals surface area contributed by atoms with Gasteiger partial charge in [0.2, 0.25) is 0 Å². The molecule has 4 heterocycles. The normalized spacial score (nSPS) is 14.9. The van der Waals surface area contributed by atoms with Crippen LogP contribution >= 0.6 is 0 Å². The second-order valence-corrected chi connectivity index (χ2v) is 11.5. The fourth-order valence-electron chi connectivity index (χ4n) is 6.36. The molecule has 8 nitrogen and oxygen atoms in total. The first-order chi connectivity index (χ1) is 20.9. The summed E-state index contributed by atoms with van der Waals surface area (Å²) in [7, 11) is 1.64. The number of nitrogens with zero attached hydrogens (tertiary/aromatic N) is 4. The Hall–Kier alpha value is -4.43. The lowest BCUT2D eigenvalue weighted by Gasteiger charge is -2.37. The van der Waals surface area contributed by atoms with Gasteiger partial charge in [0, 0.05) is 73.7 Å². The van der Waals surface area contributed by atoms with Crippen LogP contribution in [0.3, 0.4) is 0 Å². The molecule has 8 heteroatoms. The van der Waals surface area contributed by atoms with Crippen LogP contribution in [0.25, 0.3) is 11.1 Å². The van der Waals surface area contributed by atoms with Gasteiger partial charge in [-0.2, -0.15) is 0 Å². The number of hydrogen-bond acceptors (Lipinski definition) is 6. The van der Waals surface area contributed by atoms with Crippen molar-refractivity contribution in [2.45, 2.75) is 46.3 Å². The van der Waals surface area contributed by atoms with Crippen LogP contribution in [0.15, 0.2) is 66.7 Å². The number of carbonyl (C=O) groups is 2. The van der Waals surface area contributed by atoms with E-state index in [0.29, 0.717) is 18.0 Å². The van der Waals surface area contributed by atoms with E-state index in [4.69, 9.17) is 9.72 Å². The Bertz CT molecular complexity index is 1620. The van der Waals surface area contributed by atoms with Crippen molar-refractivity contribution in [1.29, 1.82) is 0 Å². The van der Waals surface area contributed by atoms with Crippen molar-refractivity contribution in [2.75, 3.05) is 48.4 Å². The summed E-state index contributed by atoms with van der Waals surface area (Å²) in [5.41, 5.74) is 8.09. The van der Waals surface area contributed by atoms with E-state index in [0.717, 1.165) is 91.6 Å². The smallest absolute Gasteiger partial charge is 0.298 e. The molecule has 1 fully saturated rings. The van der Waals surface area contributed by atoms with Crippen molar-refractivity contribution in [2.24, 2.45) is 0 Å². The lowest BCUT2D eigenvalue weighted by Crippen LogP contribution is -2.47. The van der Waals surface area contributed by atoms with Crippen LogP contribution in [-0.2, 0) is 29.1 Å². The van der Waals surface area contributed by atoms with Gasteiger partial charge in [-0.3, -0.25) is 9.59 Å². The molecule has 0 atom stereocenters. The highest BCUT2D eigenvalue weighted by atomic mass is 16.5. The fourth-order valence-corrected chi connectivity index (χ4v) is 6.36. The summed E-state index contributed by atoms with van der Waals surface area (Å²) >= 11 is 0. The third-order valence-electron chi connectivity index (χ3n) is 8.44. The van der Waals surface area contributed by atoms with E-state index >= 15 is 0 Å². The predicted octanol–water partition coefficient (Wildman–Crippen LogP) is 5.80. The topological polar surface area (TPSA) is 79.7 Å². The zero-order valence-electron chi connectivity index (χ0n) is 25.2. The predicted molar refractivity (Wildman–Crippen MR) is 171 cm³/mol. The van der Waals surface area contributed by atoms with E-state index in [1.54, 1.807) is 7.11 Å². The van der Waals surface area contributed by atoms with Gasteiger partial charge in [-0.25, -0.2) is 4.98 Å². The van der Waals surface area contributed by atoms with E-state index < -0.39 is 11.7 Å². The van der Waals surface area contributed by atoms with Crippen molar-refractivity contribution >= 4 is 28.9 Å². The molecule has 1 saturated heterocycles. The summed E-state index contributed by atoms with van der Waals surface area (Å²) in [6, 6.07) is 22.1. The highest BCUT2D eigenvalue weighted by Gasteiger charge is 2.29. The molecule has 4 aromatic rings. The molecule has 2 aromatic carbocycles. The van der Waals surface area contributed by atoms with E-state index in [2.05, 4.69) is 46.3 Å². The van der Waals surface area contributed by atoms with E-state index in [-0.39, 0.29) is 0 Å². The molecule has 0 unspecified atom stereocenters. The van der Waals surface area contributed by atoms with Crippen LogP contribution in [0.1, 0.15) is 45.8 Å². The first-order valence-corrected chi connectivity index (χ1v) is 15.1. The molecule has 0 radical (unpaired) electrons. The van der Waals surface area contributed by atoms with Gasteiger partial charge >= 0.3 is 0 Å². The van der Waals surface area contributed by atoms with E-state index in [9.17, 15) is 9.59 Å². The summed E-state index contributed by atoms with van der Waals surface area (Å²) in [6.45, 7) is 8.65. The quantitative estimate of drug-likeness (QED) is 0.211. The molecule has 1 N–H and O–H groups in total. The van der Waals surface area contributed by atoms with Crippen molar-refractivity contribution in [3.05, 3.63) is 94.9 Å². The number of aryl methyl sites for hydroxylation is 3. The van der Waals surface area contributed by atoms with Gasteiger partial charge in [0.15, 0.2) is 0 Å². The molecule has 222 valence electrons. The van der Waals surface area contributed by atoms with Gasteiger partial charge < -0.3 is 24.4 Å². The monoisotopic (exact) mass is 577 g/mol. The number of anilines is 3. The third kappa shape index (κ3) is 6.06. The molecule has 2 aliphatic heterocycles. The van der Waals surface area contributed by atoms with Gasteiger partial charge in [0.25, 0.3) is 11.7 Å². The van der Waals surface area contributed by atoms with E-state index in [1.807, 2.05) is 54.0 Å². The van der Waals surface area contributed by atoms with Crippen LogP contribution in [0.2, 0.25) is 0 Å². The number of pyridine rings is 1. The Morgan fingerprint density at radius 1 is 0.884 bits per heavy atom. The molecule has 2 aliphatic rings. The first-order valence-electron chi connectivity index (χ1n) is 15.1. The summed E-state index contributed by atoms with van der Waals surface area (Å²) in [4.78, 5) is 36.7. The number of aromatic nitrogens is 2. The minimum Gasteiger partial charge on any atom is -0.380 e. The van der Waals surface area contributed by atoms with Crippen LogP contribution in [0.4, 0.5) is 17.2 Å². The highest BCUT2D eigenvalue weighted by molar-refractivity contribution is 6.47. The number of carbonyl (C=O) groups excluding carboxylic acids is 2. The maximum Gasteiger partial charge on any atom is 0.298 e. The van der Waals surface area contributed by atoms with Gasteiger partial charge in [0.1, 0.15) is 11.5 Å². The average molecular weight is 578 g/mol. The number of piperazine rings is 1. The summed E-state index contributed by atoms with van der Waals surface area (Å²) in [6.07, 6.45) is 2.98. The first kappa shape index (κ1) is 28.7. The Morgan fingerprint density at radius 3 is 2.40 bits per heavy atom. The van der Waals surface area contributed by atoms with Gasteiger partial charge in [0.05, 0.1) is 6.61 Å². The minimum atomic E-state index is -0.636. The molecular weight excluding hydrogens is 538 g/mol. The molecule has 6 rings (SSSR count). The highest BCUT2D eigenvalue weighted by Crippen LogP contribution is 2.32. The van der Waals surface area contributed by atoms with Crippen molar-refractivity contribution < 1.29 is 14.3 Å². The second kappa shape index (κ2) is 12.4. The number of hydrogen-bond donors (Lipinski definition) is 1. The molecule has 0 aliphatic carbocycles. The van der Waals surface area contributed by atoms with Crippen LogP contribution < -0.4 is 15.1 Å². The molecule has 0 bridgehead atoms. The minimum absolute atomic E-state index is 0.319. The number of ketones is 1. The fraction of sp³-hybridized carbons (Fsp3) is 0.343. The van der Waals surface area contributed by atoms with E-state index in [1.165, 1.54) is 5.56 Å². The number of ether oxygens (including phenoxy) is 1. The zero-order valence-corrected chi connectivity index (χ0v) is 25.2. The summed E-state index contributed by atoms with van der Waals surface area (Å²) < 4.78 is 7.54. The van der Waals surface area contributed by atoms with Gasteiger partial charge in [-0.1, -0.05) is 30.3 Å². The maximum atomic E-state index is 13.8. The summed E-state index contributed by atoms with van der Waals surface area (Å²) in [5.74, 6) is -0.126. The Balaban J connectivity index is 1.20. The van der Waals surface area contributed by atoms with Crippen molar-refractivity contribution in [1.82, 2.24) is 9.55 Å². The molecule has 2 aromatic heterocycles. The largest absolute Gasteiger partial charge is 0.380 e. The number of Topliss-reactive ketones (excluding diaryl/α,β-unsaturated/α-hetero) is 1. The molecular formula is C35H39N5O3. The Morgan fingerprint density at radius 2 is 1.65 bits per heavy atom. The lowest BCUT2D eigenvalue weighted by molar-refractivity contribution is -0.112. The Kier molecular flexibility index (Phi) is 8.29. The van der Waals surface area contributed by atoms with Crippen molar-refractivity contribution in [3.8, 4) is 11.1 Å². The average Bonchev–Trinajstić information content (AvgIpc) is 3.41. The third-order valence-corrected chi connectivity index (χ3v) is 8.44. The lowest BCUT2D eigenvalue weighted by atomic mass is 10.0. The number of rotatable bonds is 8. The molecule has 1 amide bonds. The number of methoxy groups -OCH3 is 1. The van der Waals surface area contributed by atoms with Crippen molar-refractivity contribution in [3.63, 3.8) is 0 Å². The van der Waals surface area contributed by atoms with Crippen LogP contribution in [-0.4, -0.2) is 54.5 Å². The second-order valence-electron chi connectivity index (χ2n) is 11.5. The standard InChI is InChI=1S/C35H39N5O3/c1-24-19-25(2)36-32(20-24)39-17-15-38(16-18-39)28-12-13-31(27(21-28)23-43-3)37-35(42)34(41)33-30(26-9-5-4-6-10-26)22-29-11-7-8-14-40(29)33/h4-6,9-10,12-13,19-22H,7-8,11,14-18,23H2,1-3H3,(H,37,42). The maximum absolute atomic E-state index is 13.8.